The fourth-order valence-corrected chi connectivity index (χ4v) is 2.16. The number of rotatable bonds is 4. The zero-order valence-electron chi connectivity index (χ0n) is 11.5. The highest BCUT2D eigenvalue weighted by Gasteiger charge is 2.08. The molecule has 0 fully saturated rings. The van der Waals surface area contributed by atoms with Crippen molar-refractivity contribution >= 4 is 33.4 Å². The summed E-state index contributed by atoms with van der Waals surface area (Å²) in [6.45, 7) is -0.151. The summed E-state index contributed by atoms with van der Waals surface area (Å²) >= 11 is 3.28. The monoisotopic (exact) mass is 357 g/mol. The Balaban J connectivity index is 1.90. The Morgan fingerprint density at radius 2 is 1.91 bits per heavy atom. The molecule has 0 heterocycles. The van der Waals surface area contributed by atoms with Crippen LogP contribution in [-0.2, 0) is 4.79 Å². The van der Waals surface area contributed by atoms with Gasteiger partial charge in [-0.05, 0) is 36.4 Å². The van der Waals surface area contributed by atoms with E-state index in [1.807, 2.05) is 12.1 Å². The van der Waals surface area contributed by atoms with Crippen molar-refractivity contribution in [2.75, 3.05) is 11.9 Å². The van der Waals surface area contributed by atoms with Gasteiger partial charge in [-0.2, -0.15) is 5.26 Å². The maximum absolute atomic E-state index is 11.9. The number of carbonyl (C=O) groups is 2. The molecule has 0 spiro atoms. The van der Waals surface area contributed by atoms with E-state index in [0.29, 0.717) is 16.8 Å². The number of amides is 2. The van der Waals surface area contributed by atoms with Crippen LogP contribution in [0, 0.1) is 11.3 Å². The average molecular weight is 358 g/mol. The first kappa shape index (κ1) is 15.7. The van der Waals surface area contributed by atoms with E-state index < -0.39 is 0 Å². The molecule has 5 nitrogen and oxygen atoms in total. The second-order valence-electron chi connectivity index (χ2n) is 4.43. The molecule has 0 aliphatic rings. The Morgan fingerprint density at radius 3 is 2.64 bits per heavy atom. The Hall–Kier alpha value is -2.65. The minimum atomic E-state index is -0.363. The van der Waals surface area contributed by atoms with Gasteiger partial charge in [0.15, 0.2) is 0 Å². The second kappa shape index (κ2) is 7.38. The lowest BCUT2D eigenvalue weighted by Gasteiger charge is -2.07. The van der Waals surface area contributed by atoms with Gasteiger partial charge in [0.25, 0.3) is 5.91 Å². The summed E-state index contributed by atoms with van der Waals surface area (Å²) in [4.78, 5) is 23.7. The van der Waals surface area contributed by atoms with Crippen molar-refractivity contribution in [2.24, 2.45) is 0 Å². The first-order chi connectivity index (χ1) is 10.6. The van der Waals surface area contributed by atoms with Crippen LogP contribution in [0.2, 0.25) is 0 Å². The Kier molecular flexibility index (Phi) is 5.28. The molecule has 0 aliphatic carbocycles. The maximum atomic E-state index is 11.9. The lowest BCUT2D eigenvalue weighted by atomic mass is 10.2. The molecule has 0 aliphatic heterocycles. The fraction of sp³-hybridized carbons (Fsp3) is 0.0625. The van der Waals surface area contributed by atoms with E-state index in [4.69, 9.17) is 5.26 Å². The molecule has 0 unspecified atom stereocenters. The molecular weight excluding hydrogens is 346 g/mol. The largest absolute Gasteiger partial charge is 0.343 e. The molecule has 2 aromatic carbocycles. The molecule has 2 amide bonds. The van der Waals surface area contributed by atoms with E-state index in [-0.39, 0.29) is 18.4 Å². The van der Waals surface area contributed by atoms with Crippen molar-refractivity contribution in [3.05, 3.63) is 64.1 Å². The zero-order chi connectivity index (χ0) is 15.9. The topological polar surface area (TPSA) is 82.0 Å². The van der Waals surface area contributed by atoms with Crippen LogP contribution in [0.15, 0.2) is 53.0 Å². The quantitative estimate of drug-likeness (QED) is 0.882. The van der Waals surface area contributed by atoms with Gasteiger partial charge in [-0.3, -0.25) is 9.59 Å². The van der Waals surface area contributed by atoms with Crippen molar-refractivity contribution in [1.29, 1.82) is 5.26 Å². The number of hydrogen-bond donors (Lipinski definition) is 2. The molecule has 0 radical (unpaired) electrons. The van der Waals surface area contributed by atoms with E-state index >= 15 is 0 Å². The number of hydrogen-bond acceptors (Lipinski definition) is 3. The predicted molar refractivity (Wildman–Crippen MR) is 86.3 cm³/mol. The van der Waals surface area contributed by atoms with Gasteiger partial charge >= 0.3 is 0 Å². The lowest BCUT2D eigenvalue weighted by molar-refractivity contribution is -0.115. The Labute approximate surface area is 136 Å². The van der Waals surface area contributed by atoms with Gasteiger partial charge in [0.1, 0.15) is 0 Å². The van der Waals surface area contributed by atoms with Gasteiger partial charge in [-0.25, -0.2) is 0 Å². The number of nitriles is 1. The van der Waals surface area contributed by atoms with Crippen LogP contribution in [0.5, 0.6) is 0 Å². The second-order valence-corrected chi connectivity index (χ2v) is 5.35. The molecule has 0 aromatic heterocycles. The van der Waals surface area contributed by atoms with Crippen LogP contribution in [0.1, 0.15) is 15.9 Å². The fourth-order valence-electron chi connectivity index (χ4n) is 1.76. The van der Waals surface area contributed by atoms with Gasteiger partial charge in [0.2, 0.25) is 5.91 Å². The van der Waals surface area contributed by atoms with Crippen LogP contribution in [-0.4, -0.2) is 18.4 Å². The maximum Gasteiger partial charge on any atom is 0.251 e. The number of benzene rings is 2. The lowest BCUT2D eigenvalue weighted by Crippen LogP contribution is -2.32. The molecule has 2 aromatic rings. The third kappa shape index (κ3) is 4.43. The summed E-state index contributed by atoms with van der Waals surface area (Å²) in [6, 6.07) is 15.4. The summed E-state index contributed by atoms with van der Waals surface area (Å²) in [6.07, 6.45) is 0. The van der Waals surface area contributed by atoms with Crippen molar-refractivity contribution in [1.82, 2.24) is 5.32 Å². The molecule has 0 atom stereocenters. The predicted octanol–water partition coefficient (Wildman–Crippen LogP) is 2.69. The standard InChI is InChI=1S/C16H12BrN3O2/c17-13-5-2-4-12(8-13)16(22)19-10-15(21)20-14-6-1-3-11(7-14)9-18/h1-8H,10H2,(H,19,22)(H,20,21). The molecule has 2 rings (SSSR count). The van der Waals surface area contributed by atoms with Crippen molar-refractivity contribution in [2.45, 2.75) is 0 Å². The first-order valence-corrected chi connectivity index (χ1v) is 7.21. The SMILES string of the molecule is N#Cc1cccc(NC(=O)CNC(=O)c2cccc(Br)c2)c1. The van der Waals surface area contributed by atoms with Crippen molar-refractivity contribution in [3.63, 3.8) is 0 Å². The van der Waals surface area contributed by atoms with Gasteiger partial charge < -0.3 is 10.6 Å². The van der Waals surface area contributed by atoms with Crippen LogP contribution in [0.4, 0.5) is 5.69 Å². The Morgan fingerprint density at radius 1 is 1.14 bits per heavy atom. The van der Waals surface area contributed by atoms with E-state index in [1.54, 1.807) is 42.5 Å². The smallest absolute Gasteiger partial charge is 0.251 e. The molecule has 0 bridgehead atoms. The van der Waals surface area contributed by atoms with E-state index in [1.165, 1.54) is 0 Å². The molecule has 0 saturated carbocycles. The van der Waals surface area contributed by atoms with Gasteiger partial charge in [-0.15, -0.1) is 0 Å². The molecule has 2 N–H and O–H groups in total. The van der Waals surface area contributed by atoms with Gasteiger partial charge in [0, 0.05) is 15.7 Å². The molecule has 6 heteroatoms. The van der Waals surface area contributed by atoms with Crippen molar-refractivity contribution < 1.29 is 9.59 Å². The zero-order valence-corrected chi connectivity index (χ0v) is 13.1. The third-order valence-electron chi connectivity index (χ3n) is 2.77. The summed E-state index contributed by atoms with van der Waals surface area (Å²) in [5.41, 5.74) is 1.44. The Bertz CT molecular complexity index is 753. The molecule has 110 valence electrons. The number of nitrogens with zero attached hydrogens (tertiary/aromatic N) is 1. The summed E-state index contributed by atoms with van der Waals surface area (Å²) < 4.78 is 0.790. The van der Waals surface area contributed by atoms with E-state index in [2.05, 4.69) is 26.6 Å². The molecule has 22 heavy (non-hydrogen) atoms. The number of anilines is 1. The number of halogens is 1. The summed E-state index contributed by atoms with van der Waals surface area (Å²) in [5, 5.41) is 14.0. The minimum absolute atomic E-state index is 0.151. The van der Waals surface area contributed by atoms with Crippen LogP contribution in [0.3, 0.4) is 0 Å². The third-order valence-corrected chi connectivity index (χ3v) is 3.26. The summed E-state index contributed by atoms with van der Waals surface area (Å²) in [7, 11) is 0. The highest BCUT2D eigenvalue weighted by molar-refractivity contribution is 9.10. The normalized spacial score (nSPS) is 9.64. The minimum Gasteiger partial charge on any atom is -0.343 e. The van der Waals surface area contributed by atoms with Crippen LogP contribution < -0.4 is 10.6 Å². The van der Waals surface area contributed by atoms with Crippen molar-refractivity contribution in [3.8, 4) is 6.07 Å². The average Bonchev–Trinajstić information content (AvgIpc) is 2.52. The first-order valence-electron chi connectivity index (χ1n) is 6.42. The van der Waals surface area contributed by atoms with Gasteiger partial charge in [-0.1, -0.05) is 28.1 Å². The highest BCUT2D eigenvalue weighted by Crippen LogP contribution is 2.11. The molecular formula is C16H12BrN3O2. The molecule has 0 saturated heterocycles. The number of carbonyl (C=O) groups excluding carboxylic acids is 2. The van der Waals surface area contributed by atoms with Crippen LogP contribution in [0.25, 0.3) is 0 Å². The highest BCUT2D eigenvalue weighted by atomic mass is 79.9. The summed E-state index contributed by atoms with van der Waals surface area (Å²) in [5.74, 6) is -0.694. The van der Waals surface area contributed by atoms with Gasteiger partial charge in [0.05, 0.1) is 18.2 Å². The van der Waals surface area contributed by atoms with E-state index in [0.717, 1.165) is 4.47 Å². The van der Waals surface area contributed by atoms with Crippen LogP contribution >= 0.6 is 15.9 Å². The number of nitrogens with one attached hydrogen (secondary N) is 2. The van der Waals surface area contributed by atoms with E-state index in [9.17, 15) is 9.59 Å².